The van der Waals surface area contributed by atoms with Gasteiger partial charge < -0.3 is 0 Å². The zero-order chi connectivity index (χ0) is 13.0. The highest BCUT2D eigenvalue weighted by Gasteiger charge is 2.81. The van der Waals surface area contributed by atoms with Gasteiger partial charge in [-0.15, -0.1) is 0 Å². The van der Waals surface area contributed by atoms with Crippen molar-refractivity contribution in [3.05, 3.63) is 0 Å². The topological polar surface area (TPSA) is 18.5 Å². The number of hydrogen-bond donors (Lipinski definition) is 0. The third kappa shape index (κ3) is 1.82. The van der Waals surface area contributed by atoms with Crippen molar-refractivity contribution in [2.45, 2.75) is 29.8 Å². The summed E-state index contributed by atoms with van der Waals surface area (Å²) in [6, 6.07) is 0. The summed E-state index contributed by atoms with van der Waals surface area (Å²) in [6.45, 7) is 0. The van der Waals surface area contributed by atoms with Crippen LogP contribution in [0.15, 0.2) is 0 Å². The molecule has 11 heteroatoms. The van der Waals surface area contributed by atoms with Crippen LogP contribution in [0.25, 0.3) is 0 Å². The van der Waals surface area contributed by atoms with Crippen molar-refractivity contribution in [2.75, 3.05) is 0 Å². The van der Waals surface area contributed by atoms with Gasteiger partial charge in [-0.3, -0.25) is 9.47 Å². The molecule has 2 atom stereocenters. The van der Waals surface area contributed by atoms with E-state index in [1.54, 1.807) is 0 Å². The highest BCUT2D eigenvalue weighted by molar-refractivity contribution is 6.22. The van der Waals surface area contributed by atoms with E-state index in [-0.39, 0.29) is 0 Å². The zero-order valence-electron chi connectivity index (χ0n) is 6.80. The van der Waals surface area contributed by atoms with Crippen LogP contribution in [0.5, 0.6) is 0 Å². The lowest BCUT2D eigenvalue weighted by molar-refractivity contribution is -0.419. The van der Waals surface area contributed by atoms with Crippen molar-refractivity contribution in [3.8, 4) is 0 Å². The number of halogens is 9. The summed E-state index contributed by atoms with van der Waals surface area (Å²) in [5.74, 6) is -5.22. The summed E-state index contributed by atoms with van der Waals surface area (Å²) in [5.41, 5.74) is 0. The molecule has 1 fully saturated rings. The van der Waals surface area contributed by atoms with Gasteiger partial charge in [0.1, 0.15) is 0 Å². The fourth-order valence-corrected chi connectivity index (χ4v) is 1.08. The fraction of sp³-hybridized carbons (Fsp3) is 1.00. The van der Waals surface area contributed by atoms with Crippen LogP contribution in [0.2, 0.25) is 0 Å². The summed E-state index contributed by atoms with van der Waals surface area (Å²) in [4.78, 5) is 0. The highest BCUT2D eigenvalue weighted by atomic mass is 35.5. The Morgan fingerprint density at radius 1 is 1.06 bits per heavy atom. The van der Waals surface area contributed by atoms with Crippen molar-refractivity contribution in [1.82, 2.24) is 0 Å². The smallest absolute Gasteiger partial charge is 0.294 e. The molecule has 1 rings (SSSR count). The SMILES string of the molecule is F[C@H]1O[C@@](C(F)(F)F)(C(F)(F)Cl)OC1(F)F. The molecule has 0 N–H and O–H groups in total. The maximum Gasteiger partial charge on any atom is 0.451 e. The molecule has 0 radical (unpaired) electrons. The van der Waals surface area contributed by atoms with Crippen LogP contribution in [-0.4, -0.2) is 29.8 Å². The molecule has 1 aliphatic rings. The second-order valence-corrected chi connectivity index (χ2v) is 3.18. The maximum atomic E-state index is 12.4. The lowest BCUT2D eigenvalue weighted by atomic mass is 10.3. The van der Waals surface area contributed by atoms with E-state index in [9.17, 15) is 35.1 Å². The zero-order valence-corrected chi connectivity index (χ0v) is 7.55. The van der Waals surface area contributed by atoms with Crippen LogP contribution in [0.1, 0.15) is 0 Å². The third-order valence-electron chi connectivity index (χ3n) is 1.56. The van der Waals surface area contributed by atoms with E-state index in [2.05, 4.69) is 21.1 Å². The quantitative estimate of drug-likeness (QED) is 0.543. The minimum absolute atomic E-state index is 2.64. The molecule has 0 spiro atoms. The second kappa shape index (κ2) is 3.33. The van der Waals surface area contributed by atoms with E-state index in [4.69, 9.17) is 0 Å². The Bertz CT molecular complexity index is 269. The van der Waals surface area contributed by atoms with Crippen molar-refractivity contribution in [2.24, 2.45) is 0 Å². The van der Waals surface area contributed by atoms with Crippen LogP contribution < -0.4 is 0 Å². The fourth-order valence-electron chi connectivity index (χ4n) is 0.886. The maximum absolute atomic E-state index is 12.4. The molecule has 0 bridgehead atoms. The Labute approximate surface area is 87.0 Å². The second-order valence-electron chi connectivity index (χ2n) is 2.71. The molecule has 0 aliphatic carbocycles. The van der Waals surface area contributed by atoms with Gasteiger partial charge in [0, 0.05) is 0 Å². The molecule has 0 saturated carbocycles. The Hall–Kier alpha value is -0.350. The summed E-state index contributed by atoms with van der Waals surface area (Å²) in [5, 5.41) is -5.42. The van der Waals surface area contributed by atoms with Crippen molar-refractivity contribution in [1.29, 1.82) is 0 Å². The molecule has 1 saturated heterocycles. The lowest BCUT2D eigenvalue weighted by Gasteiger charge is -2.31. The highest BCUT2D eigenvalue weighted by Crippen LogP contribution is 2.56. The van der Waals surface area contributed by atoms with E-state index < -0.39 is 29.8 Å². The molecule has 2 nitrogen and oxygen atoms in total. The van der Waals surface area contributed by atoms with Crippen molar-refractivity contribution in [3.63, 3.8) is 0 Å². The molecule has 0 aromatic rings. The van der Waals surface area contributed by atoms with E-state index in [1.165, 1.54) is 0 Å². The van der Waals surface area contributed by atoms with Crippen molar-refractivity contribution < 1.29 is 44.6 Å². The van der Waals surface area contributed by atoms with E-state index in [1.807, 2.05) is 0 Å². The standard InChI is InChI=1S/C5HClF8O2/c6-4(10,11)3(5(12,13)14)15-1(7)2(8,9)16-3/h1H/t1-,3-/m0/s1. The minimum Gasteiger partial charge on any atom is -0.294 e. The first-order valence-corrected chi connectivity index (χ1v) is 3.74. The summed E-state index contributed by atoms with van der Waals surface area (Å²) >= 11 is 3.97. The number of ether oxygens (including phenoxy) is 2. The number of alkyl halides is 9. The Kier molecular flexibility index (Phi) is 2.85. The predicted molar refractivity (Wildman–Crippen MR) is 31.6 cm³/mol. The van der Waals surface area contributed by atoms with Crippen LogP contribution in [0.4, 0.5) is 35.1 Å². The molecular formula is C5HClF8O2. The first-order valence-electron chi connectivity index (χ1n) is 3.37. The van der Waals surface area contributed by atoms with Crippen molar-refractivity contribution >= 4 is 11.6 Å². The van der Waals surface area contributed by atoms with Crippen LogP contribution in [0, 0.1) is 0 Å². The Morgan fingerprint density at radius 2 is 1.50 bits per heavy atom. The molecule has 0 aromatic carbocycles. The van der Waals surface area contributed by atoms with Gasteiger partial charge >= 0.3 is 23.5 Å². The van der Waals surface area contributed by atoms with Crippen LogP contribution in [0.3, 0.4) is 0 Å². The molecule has 1 heterocycles. The minimum atomic E-state index is -6.15. The third-order valence-corrected chi connectivity index (χ3v) is 1.81. The average molecular weight is 280 g/mol. The van der Waals surface area contributed by atoms with E-state index in [0.29, 0.717) is 0 Å². The lowest BCUT2D eigenvalue weighted by Crippen LogP contribution is -2.58. The van der Waals surface area contributed by atoms with Gasteiger partial charge in [0.25, 0.3) is 6.36 Å². The molecule has 16 heavy (non-hydrogen) atoms. The average Bonchev–Trinajstić information content (AvgIpc) is 2.21. The number of rotatable bonds is 1. The molecule has 0 amide bonds. The predicted octanol–water partition coefficient (Wildman–Crippen LogP) is 3.01. The van der Waals surface area contributed by atoms with Gasteiger partial charge in [0.2, 0.25) is 0 Å². The van der Waals surface area contributed by atoms with Gasteiger partial charge in [-0.1, -0.05) is 0 Å². The summed E-state index contributed by atoms with van der Waals surface area (Å²) in [6.07, 6.45) is -15.3. The monoisotopic (exact) mass is 280 g/mol. The van der Waals surface area contributed by atoms with E-state index in [0.717, 1.165) is 0 Å². The summed E-state index contributed by atoms with van der Waals surface area (Å²) < 4.78 is 103. The van der Waals surface area contributed by atoms with E-state index >= 15 is 0 Å². The van der Waals surface area contributed by atoms with Gasteiger partial charge in [0.15, 0.2) is 0 Å². The Morgan fingerprint density at radius 3 is 1.62 bits per heavy atom. The van der Waals surface area contributed by atoms with Gasteiger partial charge in [0.05, 0.1) is 0 Å². The molecule has 0 aromatic heterocycles. The van der Waals surface area contributed by atoms with Gasteiger partial charge in [-0.25, -0.2) is 4.39 Å². The number of hydrogen-bond acceptors (Lipinski definition) is 2. The normalized spacial score (nSPS) is 35.4. The summed E-state index contributed by atoms with van der Waals surface area (Å²) in [7, 11) is 0. The first-order chi connectivity index (χ1) is 6.83. The first kappa shape index (κ1) is 13.7. The largest absolute Gasteiger partial charge is 0.451 e. The molecule has 96 valence electrons. The Balaban J connectivity index is 3.22. The van der Waals surface area contributed by atoms with Gasteiger partial charge in [-0.2, -0.15) is 30.7 Å². The van der Waals surface area contributed by atoms with Crippen LogP contribution >= 0.6 is 11.6 Å². The van der Waals surface area contributed by atoms with Gasteiger partial charge in [-0.05, 0) is 11.6 Å². The molecule has 1 aliphatic heterocycles. The molecule has 0 unspecified atom stereocenters. The van der Waals surface area contributed by atoms with Crippen LogP contribution in [-0.2, 0) is 9.47 Å². The molecular weight excluding hydrogens is 279 g/mol.